The van der Waals surface area contributed by atoms with Crippen molar-refractivity contribution in [3.63, 3.8) is 0 Å². The lowest BCUT2D eigenvalue weighted by Gasteiger charge is -2.02. The van der Waals surface area contributed by atoms with Gasteiger partial charge in [0.1, 0.15) is 5.82 Å². The number of carbonyl (C=O) groups excluding carboxylic acids is 1. The second-order valence-electron chi connectivity index (χ2n) is 3.64. The van der Waals surface area contributed by atoms with Gasteiger partial charge in [-0.15, -0.1) is 0 Å². The normalized spacial score (nSPS) is 10.1. The molecule has 0 radical (unpaired) electrons. The summed E-state index contributed by atoms with van der Waals surface area (Å²) in [5.41, 5.74) is 2.39. The van der Waals surface area contributed by atoms with Crippen molar-refractivity contribution in [2.24, 2.45) is 0 Å². The quantitative estimate of drug-likeness (QED) is 0.697. The third-order valence-electron chi connectivity index (χ3n) is 2.45. The first kappa shape index (κ1) is 10.6. The van der Waals surface area contributed by atoms with Crippen LogP contribution in [0.2, 0.25) is 0 Å². The Hall–Kier alpha value is -1.96. The third-order valence-corrected chi connectivity index (χ3v) is 2.45. The Morgan fingerprint density at radius 3 is 2.25 bits per heavy atom. The molecule has 0 N–H and O–H groups in total. The van der Waals surface area contributed by atoms with E-state index in [4.69, 9.17) is 0 Å². The van der Waals surface area contributed by atoms with Gasteiger partial charge in [-0.1, -0.05) is 36.4 Å². The summed E-state index contributed by atoms with van der Waals surface area (Å²) in [4.78, 5) is 11.1. The molecule has 0 aliphatic rings. The second kappa shape index (κ2) is 4.27. The molecule has 0 heterocycles. The van der Waals surface area contributed by atoms with Crippen LogP contribution in [0.1, 0.15) is 17.3 Å². The van der Waals surface area contributed by atoms with Gasteiger partial charge in [0, 0.05) is 5.56 Å². The van der Waals surface area contributed by atoms with Crippen molar-refractivity contribution in [1.82, 2.24) is 0 Å². The molecule has 0 bridgehead atoms. The first-order valence-corrected chi connectivity index (χ1v) is 5.04. The van der Waals surface area contributed by atoms with E-state index in [9.17, 15) is 9.18 Å². The number of rotatable bonds is 2. The standard InChI is InChI=1S/C14H11FO/c1-10(16)11-5-7-12(8-6-11)13-3-2-4-14(15)9-13/h2-9H,1H3. The van der Waals surface area contributed by atoms with Crippen LogP contribution in [0.3, 0.4) is 0 Å². The highest BCUT2D eigenvalue weighted by Gasteiger charge is 2.01. The lowest BCUT2D eigenvalue weighted by molar-refractivity contribution is 0.101. The fourth-order valence-electron chi connectivity index (χ4n) is 1.57. The van der Waals surface area contributed by atoms with E-state index in [1.54, 1.807) is 18.2 Å². The first-order valence-electron chi connectivity index (χ1n) is 5.04. The molecule has 1 nitrogen and oxygen atoms in total. The number of hydrogen-bond donors (Lipinski definition) is 0. The maximum Gasteiger partial charge on any atom is 0.159 e. The Balaban J connectivity index is 2.38. The fourth-order valence-corrected chi connectivity index (χ4v) is 1.57. The number of halogens is 1. The molecule has 0 atom stereocenters. The Morgan fingerprint density at radius 1 is 1.00 bits per heavy atom. The van der Waals surface area contributed by atoms with Crippen molar-refractivity contribution < 1.29 is 9.18 Å². The lowest BCUT2D eigenvalue weighted by atomic mass is 10.0. The monoisotopic (exact) mass is 214 g/mol. The molecule has 2 heteroatoms. The van der Waals surface area contributed by atoms with Crippen molar-refractivity contribution in [1.29, 1.82) is 0 Å². The second-order valence-corrected chi connectivity index (χ2v) is 3.64. The van der Waals surface area contributed by atoms with E-state index >= 15 is 0 Å². The summed E-state index contributed by atoms with van der Waals surface area (Å²) in [5.74, 6) is -0.223. The Morgan fingerprint density at radius 2 is 1.69 bits per heavy atom. The van der Waals surface area contributed by atoms with Crippen molar-refractivity contribution in [2.75, 3.05) is 0 Å². The number of benzene rings is 2. The molecule has 0 aromatic heterocycles. The van der Waals surface area contributed by atoms with Crippen LogP contribution >= 0.6 is 0 Å². The number of ketones is 1. The van der Waals surface area contributed by atoms with Gasteiger partial charge in [-0.2, -0.15) is 0 Å². The molecule has 0 saturated heterocycles. The van der Waals surface area contributed by atoms with E-state index in [0.29, 0.717) is 5.56 Å². The van der Waals surface area contributed by atoms with Crippen molar-refractivity contribution in [3.05, 3.63) is 59.9 Å². The molecule has 2 aromatic carbocycles. The van der Waals surface area contributed by atoms with E-state index in [1.807, 2.05) is 18.2 Å². The molecule has 0 saturated carbocycles. The van der Waals surface area contributed by atoms with Crippen LogP contribution in [0.25, 0.3) is 11.1 Å². The Bertz CT molecular complexity index is 515. The minimum Gasteiger partial charge on any atom is -0.295 e. The molecule has 0 aliphatic carbocycles. The van der Waals surface area contributed by atoms with Gasteiger partial charge in [0.25, 0.3) is 0 Å². The minimum atomic E-state index is -0.256. The molecule has 0 unspecified atom stereocenters. The van der Waals surface area contributed by atoms with Gasteiger partial charge in [0.2, 0.25) is 0 Å². The zero-order valence-electron chi connectivity index (χ0n) is 8.91. The highest BCUT2D eigenvalue weighted by atomic mass is 19.1. The van der Waals surface area contributed by atoms with Gasteiger partial charge in [-0.05, 0) is 30.2 Å². The van der Waals surface area contributed by atoms with Gasteiger partial charge in [-0.3, -0.25) is 4.79 Å². The average Bonchev–Trinajstić information content (AvgIpc) is 2.29. The first-order chi connectivity index (χ1) is 7.66. The molecule has 2 rings (SSSR count). The molecule has 0 amide bonds. The van der Waals surface area contributed by atoms with E-state index < -0.39 is 0 Å². The van der Waals surface area contributed by atoms with E-state index in [-0.39, 0.29) is 11.6 Å². The predicted octanol–water partition coefficient (Wildman–Crippen LogP) is 3.70. The average molecular weight is 214 g/mol. The maximum absolute atomic E-state index is 13.0. The zero-order chi connectivity index (χ0) is 11.5. The Kier molecular flexibility index (Phi) is 2.82. The molecular weight excluding hydrogens is 203 g/mol. The third kappa shape index (κ3) is 2.16. The van der Waals surface area contributed by atoms with Crippen LogP contribution in [-0.2, 0) is 0 Å². The molecule has 0 spiro atoms. The van der Waals surface area contributed by atoms with Crippen LogP contribution in [0.15, 0.2) is 48.5 Å². The summed E-state index contributed by atoms with van der Waals surface area (Å²) >= 11 is 0. The van der Waals surface area contributed by atoms with Crippen LogP contribution in [-0.4, -0.2) is 5.78 Å². The largest absolute Gasteiger partial charge is 0.295 e. The van der Waals surface area contributed by atoms with Gasteiger partial charge in [0.05, 0.1) is 0 Å². The molecule has 80 valence electrons. The van der Waals surface area contributed by atoms with Gasteiger partial charge in [-0.25, -0.2) is 4.39 Å². The fraction of sp³-hybridized carbons (Fsp3) is 0.0714. The van der Waals surface area contributed by atoms with E-state index in [0.717, 1.165) is 11.1 Å². The van der Waals surface area contributed by atoms with Gasteiger partial charge >= 0.3 is 0 Å². The molecule has 2 aromatic rings. The number of hydrogen-bond acceptors (Lipinski definition) is 1. The summed E-state index contributed by atoms with van der Waals surface area (Å²) in [6, 6.07) is 13.5. The summed E-state index contributed by atoms with van der Waals surface area (Å²) in [5, 5.41) is 0. The van der Waals surface area contributed by atoms with Gasteiger partial charge < -0.3 is 0 Å². The molecule has 16 heavy (non-hydrogen) atoms. The van der Waals surface area contributed by atoms with Gasteiger partial charge in [0.15, 0.2) is 5.78 Å². The minimum absolute atomic E-state index is 0.0331. The van der Waals surface area contributed by atoms with E-state index in [2.05, 4.69) is 0 Å². The van der Waals surface area contributed by atoms with Crippen LogP contribution in [0.5, 0.6) is 0 Å². The SMILES string of the molecule is CC(=O)c1ccc(-c2cccc(F)c2)cc1. The zero-order valence-corrected chi connectivity index (χ0v) is 8.91. The summed E-state index contributed by atoms with van der Waals surface area (Å²) < 4.78 is 13.0. The Labute approximate surface area is 93.5 Å². The molecule has 0 aliphatic heterocycles. The predicted molar refractivity (Wildman–Crippen MR) is 61.8 cm³/mol. The van der Waals surface area contributed by atoms with Crippen LogP contribution in [0.4, 0.5) is 4.39 Å². The molecule has 0 fully saturated rings. The lowest BCUT2D eigenvalue weighted by Crippen LogP contribution is -1.90. The highest BCUT2D eigenvalue weighted by molar-refractivity contribution is 5.94. The smallest absolute Gasteiger partial charge is 0.159 e. The maximum atomic E-state index is 13.0. The number of carbonyl (C=O) groups is 1. The molecular formula is C14H11FO. The van der Waals surface area contributed by atoms with Crippen LogP contribution < -0.4 is 0 Å². The topological polar surface area (TPSA) is 17.1 Å². The van der Waals surface area contributed by atoms with Crippen molar-refractivity contribution >= 4 is 5.78 Å². The van der Waals surface area contributed by atoms with Crippen molar-refractivity contribution in [2.45, 2.75) is 6.92 Å². The van der Waals surface area contributed by atoms with Crippen LogP contribution in [0, 0.1) is 5.82 Å². The summed E-state index contributed by atoms with van der Waals surface area (Å²) in [6.07, 6.45) is 0. The number of Topliss-reactive ketones (excluding diaryl/α,β-unsaturated/α-hetero) is 1. The highest BCUT2D eigenvalue weighted by Crippen LogP contribution is 2.20. The summed E-state index contributed by atoms with van der Waals surface area (Å²) in [7, 11) is 0. The summed E-state index contributed by atoms with van der Waals surface area (Å²) in [6.45, 7) is 1.52. The van der Waals surface area contributed by atoms with Crippen molar-refractivity contribution in [3.8, 4) is 11.1 Å². The van der Waals surface area contributed by atoms with E-state index in [1.165, 1.54) is 19.1 Å².